The van der Waals surface area contributed by atoms with E-state index in [1.54, 1.807) is 24.4 Å². The molecule has 0 unspecified atom stereocenters. The van der Waals surface area contributed by atoms with E-state index in [0.29, 0.717) is 17.1 Å². The lowest BCUT2D eigenvalue weighted by molar-refractivity contribution is 0.611. The number of nitrogens with two attached hydrogens (primary N) is 1. The van der Waals surface area contributed by atoms with Gasteiger partial charge in [-0.15, -0.1) is 0 Å². The molecule has 21 heavy (non-hydrogen) atoms. The fourth-order valence-corrected chi connectivity index (χ4v) is 2.44. The van der Waals surface area contributed by atoms with Crippen molar-refractivity contribution in [3.63, 3.8) is 0 Å². The average molecular weight is 281 g/mol. The summed E-state index contributed by atoms with van der Waals surface area (Å²) in [4.78, 5) is 0. The van der Waals surface area contributed by atoms with Gasteiger partial charge in [0.25, 0.3) is 0 Å². The van der Waals surface area contributed by atoms with E-state index < -0.39 is 0 Å². The largest absolute Gasteiger partial charge is 0.396 e. The third-order valence-corrected chi connectivity index (χ3v) is 3.48. The van der Waals surface area contributed by atoms with Gasteiger partial charge in [0.1, 0.15) is 17.2 Å². The smallest absolute Gasteiger partial charge is 0.148 e. The second-order valence-corrected chi connectivity index (χ2v) is 5.15. The second kappa shape index (κ2) is 5.05. The zero-order valence-corrected chi connectivity index (χ0v) is 12.0. The number of halogens is 1. The molecule has 0 saturated heterocycles. The van der Waals surface area contributed by atoms with Crippen LogP contribution in [0.5, 0.6) is 0 Å². The van der Waals surface area contributed by atoms with Crippen LogP contribution < -0.4 is 5.73 Å². The number of anilines is 1. The molecule has 4 heteroatoms. The van der Waals surface area contributed by atoms with Crippen LogP contribution in [0.15, 0.2) is 48.7 Å². The van der Waals surface area contributed by atoms with E-state index in [1.165, 1.54) is 16.3 Å². The summed E-state index contributed by atoms with van der Waals surface area (Å²) >= 11 is 0. The Morgan fingerprint density at radius 1 is 1.10 bits per heavy atom. The quantitative estimate of drug-likeness (QED) is 0.774. The van der Waals surface area contributed by atoms with Gasteiger partial charge in [-0.2, -0.15) is 5.10 Å². The molecule has 1 aromatic heterocycles. The Morgan fingerprint density at radius 2 is 1.86 bits per heavy atom. The van der Waals surface area contributed by atoms with E-state index in [2.05, 4.69) is 11.2 Å². The van der Waals surface area contributed by atoms with Gasteiger partial charge in [0.15, 0.2) is 0 Å². The first-order valence-electron chi connectivity index (χ1n) is 6.74. The van der Waals surface area contributed by atoms with Crippen molar-refractivity contribution in [2.75, 3.05) is 5.73 Å². The minimum atomic E-state index is -0.327. The van der Waals surface area contributed by atoms with Crippen LogP contribution in [-0.4, -0.2) is 9.78 Å². The topological polar surface area (TPSA) is 43.8 Å². The van der Waals surface area contributed by atoms with Gasteiger partial charge >= 0.3 is 0 Å². The minimum Gasteiger partial charge on any atom is -0.396 e. The number of para-hydroxylation sites is 1. The van der Waals surface area contributed by atoms with Gasteiger partial charge in [0.05, 0.1) is 11.9 Å². The summed E-state index contributed by atoms with van der Waals surface area (Å²) in [5, 5.41) is 4.45. The summed E-state index contributed by atoms with van der Waals surface area (Å²) in [5.41, 5.74) is 10.9. The summed E-state index contributed by atoms with van der Waals surface area (Å²) < 4.78 is 15.3. The number of benzene rings is 2. The Balaban J connectivity index is 2.12. The molecule has 0 bridgehead atoms. The zero-order valence-electron chi connectivity index (χ0n) is 12.0. The molecule has 0 spiro atoms. The van der Waals surface area contributed by atoms with Crippen LogP contribution in [0.2, 0.25) is 0 Å². The molecular weight excluding hydrogens is 265 g/mol. The van der Waals surface area contributed by atoms with Crippen molar-refractivity contribution in [3.8, 4) is 16.9 Å². The summed E-state index contributed by atoms with van der Waals surface area (Å²) in [5.74, 6) is -0.327. The van der Waals surface area contributed by atoms with Gasteiger partial charge in [-0.25, -0.2) is 9.07 Å². The van der Waals surface area contributed by atoms with Crippen LogP contribution >= 0.6 is 0 Å². The van der Waals surface area contributed by atoms with E-state index in [-0.39, 0.29) is 5.82 Å². The van der Waals surface area contributed by atoms with E-state index in [0.717, 1.165) is 11.1 Å². The van der Waals surface area contributed by atoms with Crippen molar-refractivity contribution in [3.05, 3.63) is 65.6 Å². The van der Waals surface area contributed by atoms with Gasteiger partial charge in [-0.3, -0.25) is 0 Å². The highest BCUT2D eigenvalue weighted by Gasteiger charge is 2.13. The van der Waals surface area contributed by atoms with E-state index in [9.17, 15) is 4.39 Å². The Bertz CT molecular complexity index is 806. The third kappa shape index (κ3) is 2.40. The number of hydrogen-bond donors (Lipinski definition) is 1. The fourth-order valence-electron chi connectivity index (χ4n) is 2.44. The molecule has 0 aliphatic heterocycles. The second-order valence-electron chi connectivity index (χ2n) is 5.15. The number of hydrogen-bond acceptors (Lipinski definition) is 2. The Hall–Kier alpha value is -2.62. The molecule has 2 aromatic carbocycles. The van der Waals surface area contributed by atoms with Crippen LogP contribution in [0, 0.1) is 19.7 Å². The first-order chi connectivity index (χ1) is 10.1. The standard InChI is InChI=1S/C17H16FN3/c1-11-7-8-13(12(2)9-11)17-15(19)10-21(20-17)16-6-4-3-5-14(16)18/h3-10H,19H2,1-2H3. The highest BCUT2D eigenvalue weighted by molar-refractivity contribution is 5.75. The molecule has 0 fully saturated rings. The van der Waals surface area contributed by atoms with Crippen LogP contribution in [0.1, 0.15) is 11.1 Å². The zero-order chi connectivity index (χ0) is 15.0. The van der Waals surface area contributed by atoms with Crippen LogP contribution in [0.4, 0.5) is 10.1 Å². The molecule has 0 radical (unpaired) electrons. The molecule has 3 rings (SSSR count). The average Bonchev–Trinajstić information content (AvgIpc) is 2.81. The first kappa shape index (κ1) is 13.4. The minimum absolute atomic E-state index is 0.327. The molecular formula is C17H16FN3. The molecule has 3 nitrogen and oxygen atoms in total. The van der Waals surface area contributed by atoms with Gasteiger partial charge in [0.2, 0.25) is 0 Å². The first-order valence-corrected chi connectivity index (χ1v) is 6.74. The fraction of sp³-hybridized carbons (Fsp3) is 0.118. The van der Waals surface area contributed by atoms with Gasteiger partial charge in [-0.05, 0) is 31.5 Å². The van der Waals surface area contributed by atoms with Crippen molar-refractivity contribution < 1.29 is 4.39 Å². The highest BCUT2D eigenvalue weighted by Crippen LogP contribution is 2.29. The highest BCUT2D eigenvalue weighted by atomic mass is 19.1. The molecule has 0 saturated carbocycles. The molecule has 0 aliphatic carbocycles. The Kier molecular flexibility index (Phi) is 3.22. The van der Waals surface area contributed by atoms with Crippen LogP contribution in [0.25, 0.3) is 16.9 Å². The molecule has 3 aromatic rings. The summed E-state index contributed by atoms with van der Waals surface area (Å²) in [7, 11) is 0. The lowest BCUT2D eigenvalue weighted by Gasteiger charge is -2.05. The maximum absolute atomic E-state index is 13.8. The summed E-state index contributed by atoms with van der Waals surface area (Å²) in [6.45, 7) is 4.06. The van der Waals surface area contributed by atoms with Gasteiger partial charge in [-0.1, -0.05) is 35.9 Å². The molecule has 106 valence electrons. The Labute approximate surface area is 122 Å². The lowest BCUT2D eigenvalue weighted by Crippen LogP contribution is -1.98. The maximum atomic E-state index is 13.8. The van der Waals surface area contributed by atoms with Crippen molar-refractivity contribution in [1.29, 1.82) is 0 Å². The van der Waals surface area contributed by atoms with E-state index in [4.69, 9.17) is 5.73 Å². The van der Waals surface area contributed by atoms with Crippen LogP contribution in [0.3, 0.4) is 0 Å². The maximum Gasteiger partial charge on any atom is 0.148 e. The van der Waals surface area contributed by atoms with Crippen LogP contribution in [-0.2, 0) is 0 Å². The summed E-state index contributed by atoms with van der Waals surface area (Å²) in [6.07, 6.45) is 1.65. The SMILES string of the molecule is Cc1ccc(-c2nn(-c3ccccc3F)cc2N)c(C)c1. The molecule has 0 atom stereocenters. The number of nitrogens with zero attached hydrogens (tertiary/aromatic N) is 2. The third-order valence-electron chi connectivity index (χ3n) is 3.48. The number of aryl methyl sites for hydroxylation is 2. The molecule has 0 amide bonds. The normalized spacial score (nSPS) is 10.8. The monoisotopic (exact) mass is 281 g/mol. The van der Waals surface area contributed by atoms with Crippen molar-refractivity contribution in [2.24, 2.45) is 0 Å². The van der Waals surface area contributed by atoms with Gasteiger partial charge < -0.3 is 5.73 Å². The van der Waals surface area contributed by atoms with Gasteiger partial charge in [0, 0.05) is 5.56 Å². The van der Waals surface area contributed by atoms with E-state index >= 15 is 0 Å². The molecule has 1 heterocycles. The summed E-state index contributed by atoms with van der Waals surface area (Å²) in [6, 6.07) is 12.6. The predicted molar refractivity (Wildman–Crippen MR) is 82.8 cm³/mol. The van der Waals surface area contributed by atoms with Crippen molar-refractivity contribution in [1.82, 2.24) is 9.78 Å². The predicted octanol–water partition coefficient (Wildman–Crippen LogP) is 3.88. The molecule has 0 aliphatic rings. The number of aromatic nitrogens is 2. The van der Waals surface area contributed by atoms with Crippen molar-refractivity contribution in [2.45, 2.75) is 13.8 Å². The molecule has 2 N–H and O–H groups in total. The van der Waals surface area contributed by atoms with E-state index in [1.807, 2.05) is 26.0 Å². The number of nitrogen functional groups attached to an aromatic ring is 1. The number of rotatable bonds is 2. The Morgan fingerprint density at radius 3 is 2.57 bits per heavy atom. The van der Waals surface area contributed by atoms with Crippen molar-refractivity contribution >= 4 is 5.69 Å². The lowest BCUT2D eigenvalue weighted by atomic mass is 10.0.